The summed E-state index contributed by atoms with van der Waals surface area (Å²) in [6.45, 7) is 10.7. The molecule has 0 saturated carbocycles. The second-order valence-electron chi connectivity index (χ2n) is 5.60. The third kappa shape index (κ3) is 6.21. The minimum absolute atomic E-state index is 0.0774. The van der Waals surface area contributed by atoms with Crippen molar-refractivity contribution in [3.63, 3.8) is 0 Å². The van der Waals surface area contributed by atoms with Crippen molar-refractivity contribution < 1.29 is 17.9 Å². The van der Waals surface area contributed by atoms with Crippen LogP contribution in [-0.4, -0.2) is 13.2 Å². The third-order valence-electron chi connectivity index (χ3n) is 2.71. The molecule has 0 fully saturated rings. The summed E-state index contributed by atoms with van der Waals surface area (Å²) in [6, 6.07) is 4.16. The Morgan fingerprint density at radius 2 is 2.00 bits per heavy atom. The van der Waals surface area contributed by atoms with Crippen molar-refractivity contribution in [2.75, 3.05) is 13.2 Å². The van der Waals surface area contributed by atoms with Crippen LogP contribution in [-0.2, 0) is 12.7 Å². The molecule has 5 heteroatoms. The molecule has 1 aromatic rings. The van der Waals surface area contributed by atoms with Gasteiger partial charge in [-0.05, 0) is 42.7 Å². The van der Waals surface area contributed by atoms with Gasteiger partial charge in [0.1, 0.15) is 12.4 Å². The normalized spacial score (nSPS) is 11.8. The van der Waals surface area contributed by atoms with E-state index in [0.717, 1.165) is 12.6 Å². The molecule has 0 radical (unpaired) electrons. The number of ether oxygens (including phenoxy) is 1. The molecule has 0 heterocycles. The summed E-state index contributed by atoms with van der Waals surface area (Å²) in [5, 5.41) is 3.13. The number of benzene rings is 1. The Bertz CT molecular complexity index is 481. The summed E-state index contributed by atoms with van der Waals surface area (Å²) in [5.41, 5.74) is 0.518. The zero-order valence-electron chi connectivity index (χ0n) is 12.7. The first-order valence-electron chi connectivity index (χ1n) is 6.88. The lowest BCUT2D eigenvalue weighted by atomic mass is 10.1. The first-order valence-corrected chi connectivity index (χ1v) is 6.88. The lowest BCUT2D eigenvalue weighted by Crippen LogP contribution is -2.19. The van der Waals surface area contributed by atoms with Crippen LogP contribution < -0.4 is 10.1 Å². The van der Waals surface area contributed by atoms with Gasteiger partial charge in [-0.1, -0.05) is 26.5 Å². The van der Waals surface area contributed by atoms with E-state index in [9.17, 15) is 13.2 Å². The highest BCUT2D eigenvalue weighted by atomic mass is 19.4. The van der Waals surface area contributed by atoms with Gasteiger partial charge in [-0.3, -0.25) is 0 Å². The molecule has 1 N–H and O–H groups in total. The first kappa shape index (κ1) is 17.6. The Balaban J connectivity index is 2.88. The molecular formula is C16H22F3NO. The zero-order chi connectivity index (χ0) is 16.0. The van der Waals surface area contributed by atoms with Gasteiger partial charge in [0.2, 0.25) is 0 Å². The van der Waals surface area contributed by atoms with E-state index in [1.807, 2.05) is 13.8 Å². The van der Waals surface area contributed by atoms with Crippen LogP contribution in [0.4, 0.5) is 13.2 Å². The van der Waals surface area contributed by atoms with E-state index in [2.05, 4.69) is 11.9 Å². The Labute approximate surface area is 124 Å². The van der Waals surface area contributed by atoms with Crippen LogP contribution in [0.2, 0.25) is 0 Å². The minimum Gasteiger partial charge on any atom is -0.489 e. The average molecular weight is 301 g/mol. The molecule has 1 aromatic carbocycles. The van der Waals surface area contributed by atoms with E-state index in [0.29, 0.717) is 23.6 Å². The standard InChI is InChI=1S/C16H22F3NO/c1-11(2)8-20-9-13-5-6-15(21-10-12(3)4)14(7-13)16(17,18)19/h5-7,11,20H,3,8-10H2,1-2,4H3. The predicted octanol–water partition coefficient (Wildman–Crippen LogP) is 4.41. The molecule has 0 spiro atoms. The van der Waals surface area contributed by atoms with E-state index in [4.69, 9.17) is 4.74 Å². The quantitative estimate of drug-likeness (QED) is 0.753. The van der Waals surface area contributed by atoms with Crippen molar-refractivity contribution in [3.8, 4) is 5.75 Å². The summed E-state index contributed by atoms with van der Waals surface area (Å²) < 4.78 is 44.4. The number of hydrogen-bond donors (Lipinski definition) is 1. The fraction of sp³-hybridized carbons (Fsp3) is 0.500. The summed E-state index contributed by atoms with van der Waals surface area (Å²) in [4.78, 5) is 0. The van der Waals surface area contributed by atoms with E-state index in [-0.39, 0.29) is 12.4 Å². The number of hydrogen-bond acceptors (Lipinski definition) is 2. The maximum atomic E-state index is 13.1. The lowest BCUT2D eigenvalue weighted by Gasteiger charge is -2.16. The molecule has 0 aliphatic rings. The van der Waals surface area contributed by atoms with Gasteiger partial charge in [0.15, 0.2) is 0 Å². The second kappa shape index (κ2) is 7.50. The highest BCUT2D eigenvalue weighted by Gasteiger charge is 2.34. The number of halogens is 3. The van der Waals surface area contributed by atoms with Crippen LogP contribution in [0.5, 0.6) is 5.75 Å². The monoisotopic (exact) mass is 301 g/mol. The third-order valence-corrected chi connectivity index (χ3v) is 2.71. The van der Waals surface area contributed by atoms with Gasteiger partial charge in [0, 0.05) is 6.54 Å². The van der Waals surface area contributed by atoms with E-state index >= 15 is 0 Å². The Morgan fingerprint density at radius 3 is 2.52 bits per heavy atom. The molecule has 0 amide bonds. The molecule has 1 rings (SSSR count). The molecule has 0 aliphatic heterocycles. The van der Waals surface area contributed by atoms with Crippen molar-refractivity contribution in [1.82, 2.24) is 5.32 Å². The predicted molar refractivity (Wildman–Crippen MR) is 78.3 cm³/mol. The van der Waals surface area contributed by atoms with Crippen molar-refractivity contribution >= 4 is 0 Å². The maximum absolute atomic E-state index is 13.1. The Kier molecular flexibility index (Phi) is 6.27. The number of rotatable bonds is 7. The molecule has 0 saturated heterocycles. The van der Waals surface area contributed by atoms with Crippen LogP contribution in [0.15, 0.2) is 30.4 Å². The van der Waals surface area contributed by atoms with Crippen molar-refractivity contribution in [3.05, 3.63) is 41.5 Å². The van der Waals surface area contributed by atoms with Crippen LogP contribution in [0, 0.1) is 5.92 Å². The molecule has 0 atom stereocenters. The van der Waals surface area contributed by atoms with Crippen LogP contribution >= 0.6 is 0 Å². The Hall–Kier alpha value is -1.49. The van der Waals surface area contributed by atoms with Crippen molar-refractivity contribution in [2.45, 2.75) is 33.5 Å². The van der Waals surface area contributed by atoms with E-state index in [1.54, 1.807) is 13.0 Å². The van der Waals surface area contributed by atoms with Crippen LogP contribution in [0.1, 0.15) is 31.9 Å². The topological polar surface area (TPSA) is 21.3 Å². The second-order valence-corrected chi connectivity index (χ2v) is 5.60. The fourth-order valence-corrected chi connectivity index (χ4v) is 1.74. The zero-order valence-corrected chi connectivity index (χ0v) is 12.7. The molecule has 118 valence electrons. The van der Waals surface area contributed by atoms with Crippen molar-refractivity contribution in [2.24, 2.45) is 5.92 Å². The molecule has 0 aliphatic carbocycles. The van der Waals surface area contributed by atoms with E-state index in [1.165, 1.54) is 6.07 Å². The van der Waals surface area contributed by atoms with Crippen molar-refractivity contribution in [1.29, 1.82) is 0 Å². The first-order chi connectivity index (χ1) is 9.70. The van der Waals surface area contributed by atoms with Gasteiger partial charge >= 0.3 is 6.18 Å². The number of alkyl halides is 3. The fourth-order valence-electron chi connectivity index (χ4n) is 1.74. The average Bonchev–Trinajstić information content (AvgIpc) is 2.35. The molecule has 0 unspecified atom stereocenters. The molecular weight excluding hydrogens is 279 g/mol. The van der Waals surface area contributed by atoms with Gasteiger partial charge in [-0.15, -0.1) is 0 Å². The summed E-state index contributed by atoms with van der Waals surface area (Å²) in [7, 11) is 0. The van der Waals surface area contributed by atoms with Crippen LogP contribution in [0.25, 0.3) is 0 Å². The number of nitrogens with one attached hydrogen (secondary N) is 1. The SMILES string of the molecule is C=C(C)COc1ccc(CNCC(C)C)cc1C(F)(F)F. The maximum Gasteiger partial charge on any atom is 0.419 e. The lowest BCUT2D eigenvalue weighted by molar-refractivity contribution is -0.138. The molecule has 2 nitrogen and oxygen atoms in total. The molecule has 0 bridgehead atoms. The van der Waals surface area contributed by atoms with Gasteiger partial charge in [-0.2, -0.15) is 13.2 Å². The summed E-state index contributed by atoms with van der Waals surface area (Å²) in [6.07, 6.45) is -4.43. The van der Waals surface area contributed by atoms with Gasteiger partial charge < -0.3 is 10.1 Å². The largest absolute Gasteiger partial charge is 0.489 e. The van der Waals surface area contributed by atoms with E-state index < -0.39 is 11.7 Å². The highest BCUT2D eigenvalue weighted by Crippen LogP contribution is 2.37. The Morgan fingerprint density at radius 1 is 1.33 bits per heavy atom. The van der Waals surface area contributed by atoms with Gasteiger partial charge in [-0.25, -0.2) is 0 Å². The van der Waals surface area contributed by atoms with Gasteiger partial charge in [0.25, 0.3) is 0 Å². The molecule has 0 aromatic heterocycles. The summed E-state index contributed by atoms with van der Waals surface area (Å²) >= 11 is 0. The smallest absolute Gasteiger partial charge is 0.419 e. The highest BCUT2D eigenvalue weighted by molar-refractivity contribution is 5.39. The van der Waals surface area contributed by atoms with Crippen LogP contribution in [0.3, 0.4) is 0 Å². The minimum atomic E-state index is -4.43. The molecule has 21 heavy (non-hydrogen) atoms. The summed E-state index contributed by atoms with van der Waals surface area (Å²) in [5.74, 6) is 0.295. The van der Waals surface area contributed by atoms with Gasteiger partial charge in [0.05, 0.1) is 5.56 Å².